The van der Waals surface area contributed by atoms with E-state index in [0.29, 0.717) is 17.7 Å². The number of hydrogen-bond donors (Lipinski definition) is 0. The minimum Gasteiger partial charge on any atom is -0.748 e. The van der Waals surface area contributed by atoms with Gasteiger partial charge in [0.05, 0.1) is 16.0 Å². The maximum absolute atomic E-state index is 12.4. The number of hydrogen-bond acceptors (Lipinski definition) is 6. The third-order valence-corrected chi connectivity index (χ3v) is 4.34. The molecule has 1 heterocycles. The van der Waals surface area contributed by atoms with Crippen LogP contribution in [0.25, 0.3) is 0 Å². The molecule has 0 N–H and O–H groups in total. The van der Waals surface area contributed by atoms with Crippen molar-refractivity contribution in [2.45, 2.75) is 39.8 Å². The van der Waals surface area contributed by atoms with Gasteiger partial charge in [0.1, 0.15) is 5.56 Å². The first-order chi connectivity index (χ1) is 14.8. The summed E-state index contributed by atoms with van der Waals surface area (Å²) in [7, 11) is -0.512. The first-order valence-corrected chi connectivity index (χ1v) is 12.0. The molecule has 0 saturated heterocycles. The Labute approximate surface area is 213 Å². The third kappa shape index (κ3) is 12.7. The van der Waals surface area contributed by atoms with Gasteiger partial charge in [0.25, 0.3) is 12.6 Å². The minimum atomic E-state index is -3.92. The van der Waals surface area contributed by atoms with Gasteiger partial charge >= 0.3 is 5.97 Å². The highest BCUT2D eigenvalue weighted by Gasteiger charge is 2.19. The van der Waals surface area contributed by atoms with E-state index in [-0.39, 0.29) is 48.5 Å². The molecule has 2 rings (SSSR count). The van der Waals surface area contributed by atoms with E-state index < -0.39 is 10.1 Å². The lowest BCUT2D eigenvalue weighted by molar-refractivity contribution is -0.727. The van der Waals surface area contributed by atoms with Crippen LogP contribution in [0.2, 0.25) is 0 Å². The molecular formula is C23H33IN2O6S. The molecule has 33 heavy (non-hydrogen) atoms. The monoisotopic (exact) mass is 592 g/mol. The number of pyridine rings is 1. The molecule has 0 bridgehead atoms. The average Bonchev–Trinajstić information content (AvgIpc) is 2.70. The summed E-state index contributed by atoms with van der Waals surface area (Å²) in [6.07, 6.45) is 5.08. The number of carbonyl (C=O) groups excluding carboxylic acids is 2. The van der Waals surface area contributed by atoms with Gasteiger partial charge in [-0.05, 0) is 36.5 Å². The summed E-state index contributed by atoms with van der Waals surface area (Å²) in [6, 6.07) is 11.6. The smallest absolute Gasteiger partial charge is 0.317 e. The number of nitrogens with zero attached hydrogens (tertiary/aromatic N) is 2. The van der Waals surface area contributed by atoms with Crippen molar-refractivity contribution < 1.29 is 31.9 Å². The van der Waals surface area contributed by atoms with E-state index in [1.807, 2.05) is 19.1 Å². The number of benzene rings is 1. The first-order valence-electron chi connectivity index (χ1n) is 10.1. The molecule has 0 aliphatic carbocycles. The van der Waals surface area contributed by atoms with Crippen molar-refractivity contribution >= 4 is 46.0 Å². The molecule has 0 aliphatic heterocycles. The molecule has 0 saturated carbocycles. The van der Waals surface area contributed by atoms with Crippen LogP contribution in [0.5, 0.6) is 0 Å². The molecule has 1 atom stereocenters. The molecule has 0 spiro atoms. The zero-order valence-electron chi connectivity index (χ0n) is 19.8. The van der Waals surface area contributed by atoms with Crippen molar-refractivity contribution in [3.63, 3.8) is 0 Å². The fraction of sp³-hybridized carbons (Fsp3) is 0.435. The van der Waals surface area contributed by atoms with Crippen LogP contribution in [-0.4, -0.2) is 50.1 Å². The van der Waals surface area contributed by atoms with E-state index in [4.69, 9.17) is 17.7 Å². The molecular weight excluding hydrogens is 559 g/mol. The highest BCUT2D eigenvalue weighted by atomic mass is 127. The number of halogens is 1. The summed E-state index contributed by atoms with van der Waals surface area (Å²) in [5.41, 5.74) is 2.76. The Kier molecular flexibility index (Phi) is 13.4. The Morgan fingerprint density at radius 2 is 1.64 bits per heavy atom. The summed E-state index contributed by atoms with van der Waals surface area (Å²) in [4.78, 5) is 25.9. The normalized spacial score (nSPS) is 11.5. The summed E-state index contributed by atoms with van der Waals surface area (Å²) in [6.45, 7) is 6.29. The topological polar surface area (TPSA) is 108 Å². The van der Waals surface area contributed by atoms with Gasteiger partial charge in [-0.15, -0.1) is 24.0 Å². The molecule has 8 nitrogen and oxygen atoms in total. The SMILES string of the molecule is CC(C)Cc1ccc(C(C)C(=O)OC[n+]2cccc(C(=O)N(C)C)c2)cc1.CS(=O)(=O)[O-].I. The van der Waals surface area contributed by atoms with Crippen LogP contribution in [-0.2, 0) is 32.8 Å². The maximum atomic E-state index is 12.4. The van der Waals surface area contributed by atoms with E-state index in [0.717, 1.165) is 12.0 Å². The second kappa shape index (κ2) is 14.3. The third-order valence-electron chi connectivity index (χ3n) is 4.34. The van der Waals surface area contributed by atoms with Crippen LogP contribution in [0.3, 0.4) is 0 Å². The Morgan fingerprint density at radius 1 is 1.09 bits per heavy atom. The lowest BCUT2D eigenvalue weighted by atomic mass is 9.97. The van der Waals surface area contributed by atoms with Gasteiger partial charge in [-0.1, -0.05) is 38.1 Å². The first kappa shape index (κ1) is 30.9. The zero-order chi connectivity index (χ0) is 24.5. The predicted molar refractivity (Wildman–Crippen MR) is 135 cm³/mol. The van der Waals surface area contributed by atoms with E-state index in [2.05, 4.69) is 26.0 Å². The molecule has 2 aromatic rings. The summed E-state index contributed by atoms with van der Waals surface area (Å²) in [5.74, 6) is -0.121. The molecule has 1 aromatic carbocycles. The fourth-order valence-corrected chi connectivity index (χ4v) is 2.80. The molecule has 0 radical (unpaired) electrons. The standard InChI is InChI=1S/C22H29N2O3.CH4O3S.HI/c1-16(2)13-18-8-10-19(11-9-18)17(3)22(26)27-15-24-12-6-7-20(14-24)21(25)23(4)5;1-5(2,3)4;/h6-12,14,16-17H,13,15H2,1-5H3;1H3,(H,2,3,4);1H/q+1;;/p-1. The van der Waals surface area contributed by atoms with Gasteiger partial charge in [0.15, 0.2) is 12.4 Å². The number of carbonyl (C=O) groups is 2. The van der Waals surface area contributed by atoms with Crippen LogP contribution in [0.1, 0.15) is 48.2 Å². The van der Waals surface area contributed by atoms with Crippen LogP contribution in [0, 0.1) is 5.92 Å². The second-order valence-corrected chi connectivity index (χ2v) is 9.57. The number of amides is 1. The average molecular weight is 592 g/mol. The van der Waals surface area contributed by atoms with Crippen molar-refractivity contribution in [1.82, 2.24) is 4.90 Å². The van der Waals surface area contributed by atoms with Gasteiger partial charge in [0, 0.05) is 26.4 Å². The van der Waals surface area contributed by atoms with Crippen molar-refractivity contribution in [1.29, 1.82) is 0 Å². The highest BCUT2D eigenvalue weighted by Crippen LogP contribution is 2.19. The van der Waals surface area contributed by atoms with E-state index in [9.17, 15) is 9.59 Å². The predicted octanol–water partition coefficient (Wildman–Crippen LogP) is 2.96. The quantitative estimate of drug-likeness (QED) is 0.212. The van der Waals surface area contributed by atoms with Gasteiger partial charge < -0.3 is 14.2 Å². The van der Waals surface area contributed by atoms with Gasteiger partial charge in [-0.2, -0.15) is 4.57 Å². The zero-order valence-corrected chi connectivity index (χ0v) is 23.0. The van der Waals surface area contributed by atoms with Crippen LogP contribution >= 0.6 is 24.0 Å². The van der Waals surface area contributed by atoms with Crippen molar-refractivity contribution in [2.75, 3.05) is 20.4 Å². The van der Waals surface area contributed by atoms with E-state index >= 15 is 0 Å². The van der Waals surface area contributed by atoms with E-state index in [1.54, 1.807) is 43.2 Å². The lowest BCUT2D eigenvalue weighted by Crippen LogP contribution is -2.37. The molecule has 0 aliphatic rings. The van der Waals surface area contributed by atoms with Crippen LogP contribution in [0.15, 0.2) is 48.8 Å². The summed E-state index contributed by atoms with van der Waals surface area (Å²) < 4.78 is 34.4. The summed E-state index contributed by atoms with van der Waals surface area (Å²) in [5, 5.41) is 0. The van der Waals surface area contributed by atoms with Crippen LogP contribution < -0.4 is 4.57 Å². The van der Waals surface area contributed by atoms with Gasteiger partial charge in [-0.25, -0.2) is 8.42 Å². The van der Waals surface area contributed by atoms with Crippen LogP contribution in [0.4, 0.5) is 0 Å². The molecule has 184 valence electrons. The van der Waals surface area contributed by atoms with Crippen molar-refractivity contribution in [2.24, 2.45) is 5.92 Å². The Bertz CT molecular complexity index is 1000. The Morgan fingerprint density at radius 3 is 2.12 bits per heavy atom. The number of rotatable bonds is 7. The van der Waals surface area contributed by atoms with Crippen molar-refractivity contribution in [3.8, 4) is 0 Å². The maximum Gasteiger partial charge on any atom is 0.317 e. The number of ether oxygens (including phenoxy) is 1. The molecule has 1 aromatic heterocycles. The minimum absolute atomic E-state index is 0. The molecule has 0 fully saturated rings. The fourth-order valence-electron chi connectivity index (χ4n) is 2.80. The molecule has 1 unspecified atom stereocenters. The molecule has 1 amide bonds. The molecule has 10 heteroatoms. The largest absolute Gasteiger partial charge is 0.748 e. The Hall–Kier alpha value is -2.05. The van der Waals surface area contributed by atoms with E-state index in [1.165, 1.54) is 10.5 Å². The second-order valence-electron chi connectivity index (χ2n) is 8.16. The summed E-state index contributed by atoms with van der Waals surface area (Å²) >= 11 is 0. The highest BCUT2D eigenvalue weighted by molar-refractivity contribution is 14.0. The Balaban J connectivity index is 0.00000154. The lowest BCUT2D eigenvalue weighted by Gasteiger charge is -2.12. The van der Waals surface area contributed by atoms with Gasteiger partial charge in [0.2, 0.25) is 0 Å². The number of aromatic nitrogens is 1. The van der Waals surface area contributed by atoms with Crippen molar-refractivity contribution in [3.05, 3.63) is 65.5 Å². The van der Waals surface area contributed by atoms with Gasteiger partial charge in [-0.3, -0.25) is 9.59 Å². The number of esters is 1.